The average Bonchev–Trinajstić information content (AvgIpc) is 2.38. The molecular formula is C13H13F4NO. The lowest BCUT2D eigenvalue weighted by Gasteiger charge is -2.40. The van der Waals surface area contributed by atoms with Gasteiger partial charge >= 0.3 is 0 Å². The van der Waals surface area contributed by atoms with Crippen LogP contribution in [-0.2, 0) is 10.3 Å². The Kier molecular flexibility index (Phi) is 3.28. The zero-order valence-electron chi connectivity index (χ0n) is 10.3. The van der Waals surface area contributed by atoms with Crippen LogP contribution < -0.4 is 5.32 Å². The van der Waals surface area contributed by atoms with E-state index in [0.29, 0.717) is 0 Å². The minimum atomic E-state index is -2.58. The Morgan fingerprint density at radius 1 is 1.32 bits per heavy atom. The van der Waals surface area contributed by atoms with E-state index >= 15 is 0 Å². The summed E-state index contributed by atoms with van der Waals surface area (Å²) < 4.78 is 53.3. The van der Waals surface area contributed by atoms with Gasteiger partial charge in [0.2, 0.25) is 5.67 Å². The topological polar surface area (TPSA) is 29.1 Å². The fraction of sp³-hybridized carbons (Fsp3) is 0.462. The summed E-state index contributed by atoms with van der Waals surface area (Å²) in [6.45, 7) is 0.0289. The van der Waals surface area contributed by atoms with Gasteiger partial charge in [-0.1, -0.05) is 12.1 Å². The fourth-order valence-corrected chi connectivity index (χ4v) is 2.25. The molecule has 6 heteroatoms. The number of rotatable bonds is 2. The number of hydrogen-bond acceptors (Lipinski definition) is 1. The van der Waals surface area contributed by atoms with Crippen LogP contribution in [0.4, 0.5) is 17.6 Å². The first-order chi connectivity index (χ1) is 8.82. The SMILES string of the molecule is C[C@@]1(c2cccc(F)c2F)CCC(F)(CF)C(=O)N1. The molecule has 1 amide bonds. The van der Waals surface area contributed by atoms with Crippen LogP contribution in [0.2, 0.25) is 0 Å². The Balaban J connectivity index is 2.36. The van der Waals surface area contributed by atoms with E-state index in [9.17, 15) is 22.4 Å². The maximum Gasteiger partial charge on any atom is 0.261 e. The number of alkyl halides is 2. The van der Waals surface area contributed by atoms with Crippen LogP contribution in [0.15, 0.2) is 18.2 Å². The molecule has 1 fully saturated rings. The molecule has 0 bridgehead atoms. The summed E-state index contributed by atoms with van der Waals surface area (Å²) in [6, 6.07) is 3.57. The first-order valence-corrected chi connectivity index (χ1v) is 5.84. The quantitative estimate of drug-likeness (QED) is 0.826. The normalized spacial score (nSPS) is 31.1. The van der Waals surface area contributed by atoms with Crippen LogP contribution >= 0.6 is 0 Å². The van der Waals surface area contributed by atoms with E-state index in [0.717, 1.165) is 6.07 Å². The van der Waals surface area contributed by atoms with E-state index in [2.05, 4.69) is 5.32 Å². The molecule has 0 aromatic heterocycles. The lowest BCUT2D eigenvalue weighted by Crippen LogP contribution is -2.58. The van der Waals surface area contributed by atoms with Gasteiger partial charge in [0.1, 0.15) is 6.67 Å². The lowest BCUT2D eigenvalue weighted by atomic mass is 9.79. The van der Waals surface area contributed by atoms with Crippen LogP contribution in [0.3, 0.4) is 0 Å². The van der Waals surface area contributed by atoms with Gasteiger partial charge in [0.05, 0.1) is 5.54 Å². The van der Waals surface area contributed by atoms with Crippen LogP contribution in [0.25, 0.3) is 0 Å². The molecule has 0 radical (unpaired) electrons. The van der Waals surface area contributed by atoms with E-state index in [-0.39, 0.29) is 18.4 Å². The molecule has 1 aliphatic heterocycles. The molecule has 104 valence electrons. The minimum Gasteiger partial charge on any atom is -0.344 e. The van der Waals surface area contributed by atoms with E-state index in [1.807, 2.05) is 0 Å². The van der Waals surface area contributed by atoms with Crippen molar-refractivity contribution in [3.8, 4) is 0 Å². The second-order valence-electron chi connectivity index (χ2n) is 4.99. The Morgan fingerprint density at radius 2 is 2.00 bits per heavy atom. The second kappa shape index (κ2) is 4.51. The molecule has 1 aromatic carbocycles. The Bertz CT molecular complexity index is 521. The number of hydrogen-bond donors (Lipinski definition) is 1. The fourth-order valence-electron chi connectivity index (χ4n) is 2.25. The molecule has 2 nitrogen and oxygen atoms in total. The van der Waals surface area contributed by atoms with Crippen molar-refractivity contribution < 1.29 is 22.4 Å². The third-order valence-electron chi connectivity index (χ3n) is 3.58. The van der Waals surface area contributed by atoms with Crippen molar-refractivity contribution in [1.82, 2.24) is 5.32 Å². The molecule has 1 heterocycles. The van der Waals surface area contributed by atoms with Crippen molar-refractivity contribution in [3.05, 3.63) is 35.4 Å². The van der Waals surface area contributed by atoms with Gasteiger partial charge in [-0.05, 0) is 25.8 Å². The van der Waals surface area contributed by atoms with Crippen molar-refractivity contribution in [3.63, 3.8) is 0 Å². The molecule has 19 heavy (non-hydrogen) atoms. The maximum absolute atomic E-state index is 13.8. The molecule has 0 saturated carbocycles. The van der Waals surface area contributed by atoms with Gasteiger partial charge in [0.25, 0.3) is 5.91 Å². The zero-order valence-corrected chi connectivity index (χ0v) is 10.3. The summed E-state index contributed by atoms with van der Waals surface area (Å²) in [5.74, 6) is -3.26. The second-order valence-corrected chi connectivity index (χ2v) is 4.99. The summed E-state index contributed by atoms with van der Waals surface area (Å²) in [7, 11) is 0. The first kappa shape index (κ1) is 13.8. The van der Waals surface area contributed by atoms with E-state index in [1.165, 1.54) is 19.1 Å². The predicted octanol–water partition coefficient (Wildman–Crippen LogP) is 2.77. The van der Waals surface area contributed by atoms with Gasteiger partial charge in [-0.3, -0.25) is 4.79 Å². The Labute approximate surface area is 107 Å². The standard InChI is InChI=1S/C13H13F4NO/c1-12(8-3-2-4-9(15)10(8)16)5-6-13(17,7-14)11(19)18-12/h2-4H,5-7H2,1H3,(H,18,19)/t12-,13?/m0/s1. The van der Waals surface area contributed by atoms with Crippen molar-refractivity contribution in [2.45, 2.75) is 31.0 Å². The molecule has 1 aliphatic rings. The number of carbonyl (C=O) groups is 1. The summed E-state index contributed by atoms with van der Waals surface area (Å²) >= 11 is 0. The van der Waals surface area contributed by atoms with Crippen LogP contribution in [0.5, 0.6) is 0 Å². The summed E-state index contributed by atoms with van der Waals surface area (Å²) in [6.07, 6.45) is -0.388. The molecule has 2 rings (SSSR count). The summed E-state index contributed by atoms with van der Waals surface area (Å²) in [5, 5.41) is 2.26. The van der Waals surface area contributed by atoms with Crippen LogP contribution in [-0.4, -0.2) is 18.3 Å². The number of nitrogens with one attached hydrogen (secondary N) is 1. The molecule has 1 aromatic rings. The summed E-state index contributed by atoms with van der Waals surface area (Å²) in [5.41, 5.74) is -3.89. The largest absolute Gasteiger partial charge is 0.344 e. The molecule has 0 aliphatic carbocycles. The number of amides is 1. The Hall–Kier alpha value is -1.59. The van der Waals surface area contributed by atoms with Gasteiger partial charge in [-0.25, -0.2) is 17.6 Å². The molecule has 0 spiro atoms. The lowest BCUT2D eigenvalue weighted by molar-refractivity contribution is -0.140. The van der Waals surface area contributed by atoms with Gasteiger partial charge < -0.3 is 5.32 Å². The van der Waals surface area contributed by atoms with Crippen molar-refractivity contribution >= 4 is 5.91 Å². The third-order valence-corrected chi connectivity index (χ3v) is 3.58. The highest BCUT2D eigenvalue weighted by Crippen LogP contribution is 2.37. The first-order valence-electron chi connectivity index (χ1n) is 5.84. The average molecular weight is 275 g/mol. The number of piperidine rings is 1. The zero-order chi connectivity index (χ0) is 14.3. The van der Waals surface area contributed by atoms with Gasteiger partial charge in [0.15, 0.2) is 11.6 Å². The van der Waals surface area contributed by atoms with Crippen molar-refractivity contribution in [1.29, 1.82) is 0 Å². The highest BCUT2D eigenvalue weighted by Gasteiger charge is 2.49. The van der Waals surface area contributed by atoms with E-state index in [1.54, 1.807) is 0 Å². The highest BCUT2D eigenvalue weighted by molar-refractivity contribution is 5.87. The molecule has 1 unspecified atom stereocenters. The maximum atomic E-state index is 13.8. The molecule has 1 saturated heterocycles. The van der Waals surface area contributed by atoms with Gasteiger partial charge in [-0.15, -0.1) is 0 Å². The smallest absolute Gasteiger partial charge is 0.261 e. The Morgan fingerprint density at radius 3 is 2.58 bits per heavy atom. The number of carbonyl (C=O) groups excluding carboxylic acids is 1. The monoisotopic (exact) mass is 275 g/mol. The van der Waals surface area contributed by atoms with Crippen LogP contribution in [0.1, 0.15) is 25.3 Å². The van der Waals surface area contributed by atoms with Crippen LogP contribution in [0, 0.1) is 11.6 Å². The van der Waals surface area contributed by atoms with Crippen molar-refractivity contribution in [2.75, 3.05) is 6.67 Å². The molecular weight excluding hydrogens is 262 g/mol. The minimum absolute atomic E-state index is 0.0144. The number of halogens is 4. The summed E-state index contributed by atoms with van der Waals surface area (Å²) in [4.78, 5) is 11.6. The van der Waals surface area contributed by atoms with E-state index < -0.39 is 35.4 Å². The third kappa shape index (κ3) is 2.19. The van der Waals surface area contributed by atoms with E-state index in [4.69, 9.17) is 0 Å². The predicted molar refractivity (Wildman–Crippen MR) is 60.9 cm³/mol. The highest BCUT2D eigenvalue weighted by atomic mass is 19.2. The van der Waals surface area contributed by atoms with Gasteiger partial charge in [-0.2, -0.15) is 0 Å². The molecule has 2 atom stereocenters. The van der Waals surface area contributed by atoms with Gasteiger partial charge in [0, 0.05) is 5.56 Å². The van der Waals surface area contributed by atoms with Crippen molar-refractivity contribution in [2.24, 2.45) is 0 Å². The number of benzene rings is 1. The molecule has 1 N–H and O–H groups in total.